The van der Waals surface area contributed by atoms with Crippen LogP contribution in [0.25, 0.3) is 22.5 Å². The summed E-state index contributed by atoms with van der Waals surface area (Å²) in [5.74, 6) is 0.132. The van der Waals surface area contributed by atoms with Gasteiger partial charge in [-0.2, -0.15) is 4.98 Å². The molecule has 0 atom stereocenters. The molecule has 128 valence electrons. The van der Waals surface area contributed by atoms with E-state index in [1.54, 1.807) is 24.5 Å². The molecule has 0 unspecified atom stereocenters. The number of aromatic nitrogens is 3. The van der Waals surface area contributed by atoms with E-state index in [0.29, 0.717) is 10.7 Å². The quantitative estimate of drug-likeness (QED) is 0.526. The number of benzene rings is 1. The van der Waals surface area contributed by atoms with E-state index in [-0.39, 0.29) is 11.9 Å². The summed E-state index contributed by atoms with van der Waals surface area (Å²) in [5.41, 5.74) is 7.87. The van der Waals surface area contributed by atoms with Gasteiger partial charge >= 0.3 is 6.01 Å². The number of anilines is 1. The summed E-state index contributed by atoms with van der Waals surface area (Å²) in [6, 6.07) is 15.3. The monoisotopic (exact) mass is 363 g/mol. The smallest absolute Gasteiger partial charge is 0.313 e. The molecular weight excluding hydrogens is 350 g/mol. The number of carbonyl (C=O) groups is 1. The molecule has 0 aliphatic heterocycles. The standard InChI is InChI=1S/C18H13N5O2S/c24-17(15-14(8-11-26-15)12-4-2-1-3-5-12)21-22-18-20-16(23-25-18)13-6-9-19-10-7-13/h1-11H,(H,21,24)(H,20,22,23). The molecular formula is C18H13N5O2S. The van der Waals surface area contributed by atoms with Gasteiger partial charge in [0.1, 0.15) is 4.88 Å². The zero-order valence-corrected chi connectivity index (χ0v) is 14.2. The third kappa shape index (κ3) is 3.31. The summed E-state index contributed by atoms with van der Waals surface area (Å²) >= 11 is 1.36. The Bertz CT molecular complexity index is 1010. The molecule has 0 fully saturated rings. The average molecular weight is 363 g/mol. The van der Waals surface area contributed by atoms with Gasteiger partial charge in [-0.25, -0.2) is 5.43 Å². The fourth-order valence-corrected chi connectivity index (χ4v) is 3.20. The topological polar surface area (TPSA) is 92.9 Å². The van der Waals surface area contributed by atoms with Crippen LogP contribution >= 0.6 is 11.3 Å². The zero-order valence-electron chi connectivity index (χ0n) is 13.4. The van der Waals surface area contributed by atoms with Crippen LogP contribution in [0.2, 0.25) is 0 Å². The molecule has 0 radical (unpaired) electrons. The van der Waals surface area contributed by atoms with Crippen molar-refractivity contribution < 1.29 is 9.32 Å². The highest BCUT2D eigenvalue weighted by molar-refractivity contribution is 7.12. The highest BCUT2D eigenvalue weighted by Gasteiger charge is 2.15. The van der Waals surface area contributed by atoms with Crippen LogP contribution in [0.5, 0.6) is 0 Å². The predicted octanol–water partition coefficient (Wildman–Crippen LogP) is 3.62. The van der Waals surface area contributed by atoms with E-state index in [9.17, 15) is 4.79 Å². The Labute approximate surface area is 152 Å². The number of amides is 1. The molecule has 0 saturated carbocycles. The van der Waals surface area contributed by atoms with Gasteiger partial charge in [-0.15, -0.1) is 11.3 Å². The molecule has 26 heavy (non-hydrogen) atoms. The zero-order chi connectivity index (χ0) is 17.8. The van der Waals surface area contributed by atoms with Crippen LogP contribution < -0.4 is 10.9 Å². The number of nitrogens with zero attached hydrogens (tertiary/aromatic N) is 3. The van der Waals surface area contributed by atoms with Crippen LogP contribution in [0.4, 0.5) is 6.01 Å². The Balaban J connectivity index is 1.46. The number of carbonyl (C=O) groups excluding carboxylic acids is 1. The Morgan fingerprint density at radius 1 is 1.00 bits per heavy atom. The van der Waals surface area contributed by atoms with Crippen molar-refractivity contribution in [2.24, 2.45) is 0 Å². The summed E-state index contributed by atoms with van der Waals surface area (Å²) in [4.78, 5) is 21.2. The fourth-order valence-electron chi connectivity index (χ4n) is 2.39. The van der Waals surface area contributed by atoms with E-state index in [1.165, 1.54) is 11.3 Å². The van der Waals surface area contributed by atoms with Gasteiger partial charge < -0.3 is 4.52 Å². The number of nitrogens with one attached hydrogen (secondary N) is 2. The molecule has 7 nitrogen and oxygen atoms in total. The summed E-state index contributed by atoms with van der Waals surface area (Å²) in [6.45, 7) is 0. The lowest BCUT2D eigenvalue weighted by molar-refractivity contribution is 0.0965. The van der Waals surface area contributed by atoms with Crippen LogP contribution in [0.1, 0.15) is 9.67 Å². The minimum absolute atomic E-state index is 0.1000. The molecule has 0 spiro atoms. The number of rotatable bonds is 5. The van der Waals surface area contributed by atoms with Crippen molar-refractivity contribution in [3.8, 4) is 22.5 Å². The van der Waals surface area contributed by atoms with Gasteiger partial charge in [-0.1, -0.05) is 35.5 Å². The fraction of sp³-hybridized carbons (Fsp3) is 0. The van der Waals surface area contributed by atoms with Gasteiger partial charge in [0.15, 0.2) is 0 Å². The third-order valence-electron chi connectivity index (χ3n) is 3.60. The molecule has 4 rings (SSSR count). The molecule has 1 amide bonds. The Hall–Kier alpha value is -3.52. The largest absolute Gasteiger partial charge is 0.340 e. The van der Waals surface area contributed by atoms with E-state index >= 15 is 0 Å². The van der Waals surface area contributed by atoms with Gasteiger partial charge in [0, 0.05) is 23.5 Å². The summed E-state index contributed by atoms with van der Waals surface area (Å²) in [5, 5.41) is 5.75. The van der Waals surface area contributed by atoms with Crippen LogP contribution in [0.3, 0.4) is 0 Å². The lowest BCUT2D eigenvalue weighted by Crippen LogP contribution is -2.29. The third-order valence-corrected chi connectivity index (χ3v) is 4.52. The number of thiophene rings is 1. The first-order chi connectivity index (χ1) is 12.8. The average Bonchev–Trinajstić information content (AvgIpc) is 3.37. The molecule has 0 aliphatic rings. The Kier molecular flexibility index (Phi) is 4.40. The van der Waals surface area contributed by atoms with Crippen LogP contribution in [0.15, 0.2) is 70.8 Å². The van der Waals surface area contributed by atoms with Crippen molar-refractivity contribution in [3.05, 3.63) is 71.2 Å². The van der Waals surface area contributed by atoms with Crippen molar-refractivity contribution in [1.82, 2.24) is 20.6 Å². The van der Waals surface area contributed by atoms with Gasteiger partial charge in [0.2, 0.25) is 5.82 Å². The van der Waals surface area contributed by atoms with Gasteiger partial charge in [-0.05, 0) is 29.1 Å². The summed E-state index contributed by atoms with van der Waals surface area (Å²) < 4.78 is 5.10. The van der Waals surface area contributed by atoms with Gasteiger partial charge in [0.25, 0.3) is 5.91 Å². The van der Waals surface area contributed by atoms with Crippen LogP contribution in [0, 0.1) is 0 Å². The highest BCUT2D eigenvalue weighted by Crippen LogP contribution is 2.28. The van der Waals surface area contributed by atoms with E-state index in [0.717, 1.165) is 16.7 Å². The lowest BCUT2D eigenvalue weighted by atomic mass is 10.1. The first kappa shape index (κ1) is 16.0. The molecule has 8 heteroatoms. The van der Waals surface area contributed by atoms with E-state index in [4.69, 9.17) is 4.52 Å². The highest BCUT2D eigenvalue weighted by atomic mass is 32.1. The normalized spacial score (nSPS) is 10.5. The molecule has 4 aromatic rings. The van der Waals surface area contributed by atoms with Crippen LogP contribution in [-0.4, -0.2) is 21.0 Å². The molecule has 1 aromatic carbocycles. The maximum absolute atomic E-state index is 12.5. The van der Waals surface area contributed by atoms with Gasteiger partial charge in [0.05, 0.1) is 0 Å². The second-order valence-electron chi connectivity index (χ2n) is 5.27. The predicted molar refractivity (Wildman–Crippen MR) is 98.4 cm³/mol. The van der Waals surface area contributed by atoms with Crippen molar-refractivity contribution >= 4 is 23.3 Å². The van der Waals surface area contributed by atoms with Gasteiger partial charge in [-0.3, -0.25) is 15.2 Å². The summed E-state index contributed by atoms with van der Waals surface area (Å²) in [6.07, 6.45) is 3.28. The SMILES string of the molecule is O=C(NNc1nc(-c2ccncc2)no1)c1sccc1-c1ccccc1. The minimum Gasteiger partial charge on any atom is -0.313 e. The lowest BCUT2D eigenvalue weighted by Gasteiger charge is -2.05. The molecule has 2 N–H and O–H groups in total. The molecule has 0 saturated heterocycles. The first-order valence-electron chi connectivity index (χ1n) is 7.74. The summed E-state index contributed by atoms with van der Waals surface area (Å²) in [7, 11) is 0. The molecule has 3 aromatic heterocycles. The second kappa shape index (κ2) is 7.16. The first-order valence-corrected chi connectivity index (χ1v) is 8.62. The number of hydrazine groups is 1. The molecule has 0 aliphatic carbocycles. The number of hydrogen-bond acceptors (Lipinski definition) is 7. The molecule has 0 bridgehead atoms. The van der Waals surface area contributed by atoms with E-state index in [1.807, 2.05) is 41.8 Å². The van der Waals surface area contributed by atoms with Crippen molar-refractivity contribution in [3.63, 3.8) is 0 Å². The van der Waals surface area contributed by atoms with Crippen molar-refractivity contribution in [2.75, 3.05) is 5.43 Å². The molecule has 3 heterocycles. The van der Waals surface area contributed by atoms with E-state index in [2.05, 4.69) is 26.0 Å². The maximum Gasteiger partial charge on any atom is 0.340 e. The Morgan fingerprint density at radius 2 is 1.81 bits per heavy atom. The minimum atomic E-state index is -0.275. The van der Waals surface area contributed by atoms with Crippen molar-refractivity contribution in [1.29, 1.82) is 0 Å². The van der Waals surface area contributed by atoms with Crippen molar-refractivity contribution in [2.45, 2.75) is 0 Å². The van der Waals surface area contributed by atoms with E-state index < -0.39 is 0 Å². The maximum atomic E-state index is 12.5. The number of pyridine rings is 1. The number of hydrogen-bond donors (Lipinski definition) is 2. The van der Waals surface area contributed by atoms with Crippen LogP contribution in [-0.2, 0) is 0 Å². The Morgan fingerprint density at radius 3 is 2.62 bits per heavy atom. The second-order valence-corrected chi connectivity index (χ2v) is 6.18.